The van der Waals surface area contributed by atoms with Crippen molar-refractivity contribution in [1.82, 2.24) is 10.5 Å². The average Bonchev–Trinajstić information content (AvgIpc) is 3.32. The first kappa shape index (κ1) is 16.8. The van der Waals surface area contributed by atoms with E-state index in [1.54, 1.807) is 0 Å². The van der Waals surface area contributed by atoms with E-state index >= 15 is 0 Å². The Labute approximate surface area is 152 Å². The van der Waals surface area contributed by atoms with Gasteiger partial charge in [-0.15, -0.1) is 0 Å². The molecule has 1 amide bonds. The van der Waals surface area contributed by atoms with Gasteiger partial charge in [-0.05, 0) is 22.8 Å². The third-order valence-corrected chi connectivity index (χ3v) is 4.75. The molecule has 4 rings (SSSR count). The Kier molecular flexibility index (Phi) is 4.97. The van der Waals surface area contributed by atoms with Crippen molar-refractivity contribution in [2.45, 2.75) is 19.3 Å². The molecule has 134 valence electrons. The number of nitrogens with one attached hydrogen (secondary N) is 1. The van der Waals surface area contributed by atoms with Crippen LogP contribution in [0, 0.1) is 5.92 Å². The molecule has 5 nitrogen and oxygen atoms in total. The average molecular weight is 350 g/mol. The first-order valence-electron chi connectivity index (χ1n) is 9.03. The van der Waals surface area contributed by atoms with Crippen LogP contribution in [0.15, 0.2) is 53.1 Å². The molecule has 1 saturated heterocycles. The molecule has 26 heavy (non-hydrogen) atoms. The van der Waals surface area contributed by atoms with Crippen molar-refractivity contribution < 1.29 is 14.1 Å². The number of hydrogen-bond donors (Lipinski definition) is 1. The highest BCUT2D eigenvalue weighted by atomic mass is 16.5. The fraction of sp³-hybridized carbons (Fsp3) is 0.333. The van der Waals surface area contributed by atoms with Gasteiger partial charge in [0.15, 0.2) is 0 Å². The first-order chi connectivity index (χ1) is 12.8. The molecule has 0 bridgehead atoms. The van der Waals surface area contributed by atoms with Gasteiger partial charge in [0.25, 0.3) is 0 Å². The molecule has 1 N–H and O–H groups in total. The van der Waals surface area contributed by atoms with E-state index in [1.165, 1.54) is 10.8 Å². The van der Waals surface area contributed by atoms with E-state index < -0.39 is 0 Å². The van der Waals surface area contributed by atoms with Gasteiger partial charge in [-0.3, -0.25) is 4.79 Å². The van der Waals surface area contributed by atoms with Gasteiger partial charge >= 0.3 is 0 Å². The topological polar surface area (TPSA) is 64.4 Å². The monoisotopic (exact) mass is 350 g/mol. The molecule has 1 atom stereocenters. The smallest absolute Gasteiger partial charge is 0.226 e. The third kappa shape index (κ3) is 4.11. The molecular weight excluding hydrogens is 328 g/mol. The Bertz CT molecular complexity index is 897. The maximum atomic E-state index is 12.0. The van der Waals surface area contributed by atoms with Gasteiger partial charge < -0.3 is 14.6 Å². The molecule has 2 aromatic carbocycles. The lowest BCUT2D eigenvalue weighted by molar-refractivity contribution is -0.120. The fourth-order valence-corrected chi connectivity index (χ4v) is 3.30. The van der Waals surface area contributed by atoms with Crippen LogP contribution in [0.25, 0.3) is 10.8 Å². The number of benzene rings is 2. The van der Waals surface area contributed by atoms with Crippen LogP contribution >= 0.6 is 0 Å². The van der Waals surface area contributed by atoms with Crippen LogP contribution < -0.4 is 5.32 Å². The normalized spacial score (nSPS) is 16.8. The highest BCUT2D eigenvalue weighted by Crippen LogP contribution is 2.18. The number of ether oxygens (including phenoxy) is 1. The van der Waals surface area contributed by atoms with Gasteiger partial charge in [-0.2, -0.15) is 0 Å². The fourth-order valence-electron chi connectivity index (χ4n) is 3.30. The van der Waals surface area contributed by atoms with E-state index in [9.17, 15) is 4.79 Å². The van der Waals surface area contributed by atoms with E-state index in [2.05, 4.69) is 40.8 Å². The van der Waals surface area contributed by atoms with E-state index in [1.807, 2.05) is 18.2 Å². The summed E-state index contributed by atoms with van der Waals surface area (Å²) >= 11 is 0. The molecule has 1 unspecified atom stereocenters. The molecule has 1 aliphatic heterocycles. The second-order valence-corrected chi connectivity index (χ2v) is 6.85. The van der Waals surface area contributed by atoms with E-state index in [0.717, 1.165) is 31.0 Å². The van der Waals surface area contributed by atoms with Gasteiger partial charge in [0.2, 0.25) is 5.91 Å². The SMILES string of the molecule is O=C(Cc1cc(Cc2ccc3ccccc3c2)on1)NCC1CCOC1. The summed E-state index contributed by atoms with van der Waals surface area (Å²) in [7, 11) is 0. The lowest BCUT2D eigenvalue weighted by Gasteiger charge is -2.08. The minimum Gasteiger partial charge on any atom is -0.381 e. The zero-order chi connectivity index (χ0) is 17.8. The number of carbonyl (C=O) groups is 1. The van der Waals surface area contributed by atoms with Gasteiger partial charge in [-0.1, -0.05) is 47.6 Å². The summed E-state index contributed by atoms with van der Waals surface area (Å²) in [5.41, 5.74) is 1.83. The quantitative estimate of drug-likeness (QED) is 0.742. The van der Waals surface area contributed by atoms with Crippen LogP contribution in [-0.4, -0.2) is 30.8 Å². The van der Waals surface area contributed by atoms with Gasteiger partial charge in [-0.25, -0.2) is 0 Å². The summed E-state index contributed by atoms with van der Waals surface area (Å²) in [6.07, 6.45) is 1.92. The third-order valence-electron chi connectivity index (χ3n) is 4.75. The Balaban J connectivity index is 1.33. The lowest BCUT2D eigenvalue weighted by Crippen LogP contribution is -2.30. The summed E-state index contributed by atoms with van der Waals surface area (Å²) in [6.45, 7) is 2.20. The van der Waals surface area contributed by atoms with Crippen LogP contribution in [0.5, 0.6) is 0 Å². The first-order valence-corrected chi connectivity index (χ1v) is 9.03. The molecule has 1 aliphatic rings. The maximum Gasteiger partial charge on any atom is 0.226 e. The number of nitrogens with zero attached hydrogens (tertiary/aromatic N) is 1. The summed E-state index contributed by atoms with van der Waals surface area (Å²) in [5, 5.41) is 9.41. The summed E-state index contributed by atoms with van der Waals surface area (Å²) in [6, 6.07) is 16.5. The second-order valence-electron chi connectivity index (χ2n) is 6.85. The van der Waals surface area contributed by atoms with Crippen LogP contribution in [0.2, 0.25) is 0 Å². The number of rotatable bonds is 6. The van der Waals surface area contributed by atoms with Crippen LogP contribution in [0.3, 0.4) is 0 Å². The van der Waals surface area contributed by atoms with Crippen LogP contribution in [-0.2, 0) is 22.4 Å². The van der Waals surface area contributed by atoms with Crippen molar-refractivity contribution >= 4 is 16.7 Å². The summed E-state index contributed by atoms with van der Waals surface area (Å²) < 4.78 is 10.7. The number of amides is 1. The van der Waals surface area contributed by atoms with Crippen molar-refractivity contribution in [2.75, 3.05) is 19.8 Å². The molecule has 0 radical (unpaired) electrons. The van der Waals surface area contributed by atoms with E-state index in [0.29, 0.717) is 24.6 Å². The van der Waals surface area contributed by atoms with Crippen LogP contribution in [0.4, 0.5) is 0 Å². The Morgan fingerprint density at radius 2 is 2.04 bits per heavy atom. The Morgan fingerprint density at radius 1 is 1.15 bits per heavy atom. The molecule has 0 saturated carbocycles. The molecule has 1 fully saturated rings. The predicted octanol–water partition coefficient (Wildman–Crippen LogP) is 3.11. The van der Waals surface area contributed by atoms with Gasteiger partial charge in [0.05, 0.1) is 18.7 Å². The van der Waals surface area contributed by atoms with Crippen molar-refractivity contribution in [2.24, 2.45) is 5.92 Å². The van der Waals surface area contributed by atoms with Crippen molar-refractivity contribution in [3.63, 3.8) is 0 Å². The predicted molar refractivity (Wildman–Crippen MR) is 98.9 cm³/mol. The molecule has 5 heteroatoms. The van der Waals surface area contributed by atoms with Gasteiger partial charge in [0, 0.05) is 31.6 Å². The van der Waals surface area contributed by atoms with E-state index in [4.69, 9.17) is 9.26 Å². The molecule has 0 spiro atoms. The molecular formula is C21H22N2O3. The molecule has 0 aliphatic carbocycles. The zero-order valence-corrected chi connectivity index (χ0v) is 14.6. The molecule has 1 aromatic heterocycles. The standard InChI is InChI=1S/C21H22N2O3/c24-21(22-13-16-7-8-25-14-16)12-19-11-20(26-23-19)10-15-5-6-17-3-1-2-4-18(17)9-15/h1-6,9,11,16H,7-8,10,12-14H2,(H,22,24). The number of fused-ring (bicyclic) bond motifs is 1. The highest BCUT2D eigenvalue weighted by Gasteiger charge is 2.17. The van der Waals surface area contributed by atoms with E-state index in [-0.39, 0.29) is 12.3 Å². The van der Waals surface area contributed by atoms with Crippen molar-refractivity contribution in [1.29, 1.82) is 0 Å². The minimum absolute atomic E-state index is 0.0255. The summed E-state index contributed by atoms with van der Waals surface area (Å²) in [4.78, 5) is 12.0. The molecule has 2 heterocycles. The maximum absolute atomic E-state index is 12.0. The summed E-state index contributed by atoms with van der Waals surface area (Å²) in [5.74, 6) is 1.18. The van der Waals surface area contributed by atoms with Crippen molar-refractivity contribution in [3.8, 4) is 0 Å². The Morgan fingerprint density at radius 3 is 2.88 bits per heavy atom. The molecule has 3 aromatic rings. The number of hydrogen-bond acceptors (Lipinski definition) is 4. The lowest BCUT2D eigenvalue weighted by atomic mass is 10.0. The van der Waals surface area contributed by atoms with Crippen molar-refractivity contribution in [3.05, 3.63) is 65.5 Å². The zero-order valence-electron chi connectivity index (χ0n) is 14.6. The Hall–Kier alpha value is -2.66. The van der Waals surface area contributed by atoms with Gasteiger partial charge in [0.1, 0.15) is 5.76 Å². The second kappa shape index (κ2) is 7.70. The number of aromatic nitrogens is 1. The van der Waals surface area contributed by atoms with Crippen LogP contribution in [0.1, 0.15) is 23.4 Å². The largest absolute Gasteiger partial charge is 0.381 e. The number of carbonyl (C=O) groups excluding carboxylic acids is 1. The highest BCUT2D eigenvalue weighted by molar-refractivity contribution is 5.83. The minimum atomic E-state index is -0.0255.